The van der Waals surface area contributed by atoms with Gasteiger partial charge in [-0.2, -0.15) is 0 Å². The lowest BCUT2D eigenvalue weighted by Gasteiger charge is -2.10. The molecule has 1 unspecified atom stereocenters. The van der Waals surface area contributed by atoms with E-state index in [1.54, 1.807) is 31.2 Å². The van der Waals surface area contributed by atoms with Crippen molar-refractivity contribution in [3.63, 3.8) is 0 Å². The predicted octanol–water partition coefficient (Wildman–Crippen LogP) is 4.15. The lowest BCUT2D eigenvalue weighted by molar-refractivity contribution is -0.384. The van der Waals surface area contributed by atoms with E-state index in [9.17, 15) is 14.9 Å². The van der Waals surface area contributed by atoms with Gasteiger partial charge in [-0.15, -0.1) is 10.2 Å². The number of non-ortho nitro benzene ring substituents is 1. The number of halogens is 1. The Hall–Kier alpha value is -3.26. The molecule has 1 aromatic heterocycles. The monoisotopic (exact) mass is 387 g/mol. The molecule has 27 heavy (non-hydrogen) atoms. The first-order valence-corrected chi connectivity index (χ1v) is 8.33. The zero-order chi connectivity index (χ0) is 19.4. The molecule has 8 nitrogen and oxygen atoms in total. The molecule has 0 saturated heterocycles. The second-order valence-electron chi connectivity index (χ2n) is 5.65. The average Bonchev–Trinajstić information content (AvgIpc) is 3.14. The topological polar surface area (TPSA) is 108 Å². The van der Waals surface area contributed by atoms with Gasteiger partial charge in [0, 0.05) is 22.7 Å². The second-order valence-corrected chi connectivity index (χ2v) is 6.06. The van der Waals surface area contributed by atoms with E-state index in [1.807, 2.05) is 0 Å². The SMILES string of the molecule is CC(OC(=O)Cc1ccccc1Cl)c1nnc(-c2ccc([N+](=O)[O-])cc2)o1. The maximum atomic E-state index is 12.1. The van der Waals surface area contributed by atoms with Crippen LogP contribution in [0.5, 0.6) is 0 Å². The van der Waals surface area contributed by atoms with Crippen LogP contribution in [-0.2, 0) is 16.0 Å². The molecule has 2 aromatic carbocycles. The Balaban J connectivity index is 1.66. The molecule has 0 aliphatic carbocycles. The van der Waals surface area contributed by atoms with Crippen molar-refractivity contribution in [1.82, 2.24) is 10.2 Å². The van der Waals surface area contributed by atoms with E-state index in [-0.39, 0.29) is 23.9 Å². The van der Waals surface area contributed by atoms with Crippen molar-refractivity contribution in [3.05, 3.63) is 75.1 Å². The number of nitro benzene ring substituents is 1. The van der Waals surface area contributed by atoms with Crippen LogP contribution < -0.4 is 0 Å². The lowest BCUT2D eigenvalue weighted by atomic mass is 10.1. The van der Waals surface area contributed by atoms with E-state index in [1.165, 1.54) is 24.3 Å². The van der Waals surface area contributed by atoms with Crippen LogP contribution in [0.25, 0.3) is 11.5 Å². The summed E-state index contributed by atoms with van der Waals surface area (Å²) in [6.45, 7) is 1.61. The molecule has 0 aliphatic heterocycles. The van der Waals surface area contributed by atoms with Crippen LogP contribution in [0.2, 0.25) is 5.02 Å². The molecular formula is C18H14ClN3O5. The third-order valence-corrected chi connectivity index (χ3v) is 4.08. The van der Waals surface area contributed by atoms with E-state index in [4.69, 9.17) is 20.8 Å². The highest BCUT2D eigenvalue weighted by atomic mass is 35.5. The summed E-state index contributed by atoms with van der Waals surface area (Å²) in [4.78, 5) is 22.3. The number of hydrogen-bond donors (Lipinski definition) is 0. The van der Waals surface area contributed by atoms with Crippen molar-refractivity contribution >= 4 is 23.3 Å². The first-order valence-electron chi connectivity index (χ1n) is 7.95. The van der Waals surface area contributed by atoms with Gasteiger partial charge < -0.3 is 9.15 Å². The van der Waals surface area contributed by atoms with Crippen LogP contribution in [-0.4, -0.2) is 21.1 Å². The van der Waals surface area contributed by atoms with Crippen LogP contribution in [0.1, 0.15) is 24.5 Å². The molecule has 3 rings (SSSR count). The molecule has 0 radical (unpaired) electrons. The minimum atomic E-state index is -0.751. The summed E-state index contributed by atoms with van der Waals surface area (Å²) in [7, 11) is 0. The number of rotatable bonds is 6. The maximum absolute atomic E-state index is 12.1. The first kappa shape index (κ1) is 18.5. The van der Waals surface area contributed by atoms with Gasteiger partial charge in [0.1, 0.15) is 0 Å². The van der Waals surface area contributed by atoms with Gasteiger partial charge in [0.15, 0.2) is 6.10 Å². The van der Waals surface area contributed by atoms with Crippen LogP contribution in [0, 0.1) is 10.1 Å². The second kappa shape index (κ2) is 7.96. The number of esters is 1. The molecule has 1 atom stereocenters. The van der Waals surface area contributed by atoms with Crippen molar-refractivity contribution < 1.29 is 18.9 Å². The van der Waals surface area contributed by atoms with Gasteiger partial charge in [-0.3, -0.25) is 14.9 Å². The van der Waals surface area contributed by atoms with Crippen molar-refractivity contribution in [2.24, 2.45) is 0 Å². The molecule has 3 aromatic rings. The molecule has 0 fully saturated rings. The number of ether oxygens (including phenoxy) is 1. The Morgan fingerprint density at radius 1 is 1.22 bits per heavy atom. The quantitative estimate of drug-likeness (QED) is 0.355. The number of carbonyl (C=O) groups excluding carboxylic acids is 1. The summed E-state index contributed by atoms with van der Waals surface area (Å²) in [5.41, 5.74) is 1.14. The lowest BCUT2D eigenvalue weighted by Crippen LogP contribution is -2.12. The molecule has 0 saturated carbocycles. The van der Waals surface area contributed by atoms with E-state index in [2.05, 4.69) is 10.2 Å². The Labute approximate surface area is 158 Å². The molecule has 138 valence electrons. The Morgan fingerprint density at radius 2 is 1.93 bits per heavy atom. The summed E-state index contributed by atoms with van der Waals surface area (Å²) < 4.78 is 10.8. The van der Waals surface area contributed by atoms with Gasteiger partial charge in [-0.25, -0.2) is 0 Å². The zero-order valence-electron chi connectivity index (χ0n) is 14.2. The van der Waals surface area contributed by atoms with Crippen LogP contribution in [0.15, 0.2) is 52.9 Å². The third kappa shape index (κ3) is 4.48. The highest BCUT2D eigenvalue weighted by Crippen LogP contribution is 2.25. The molecule has 9 heteroatoms. The minimum Gasteiger partial charge on any atom is -0.452 e. The Morgan fingerprint density at radius 3 is 2.59 bits per heavy atom. The fourth-order valence-corrected chi connectivity index (χ4v) is 2.53. The largest absolute Gasteiger partial charge is 0.452 e. The number of nitro groups is 1. The molecule has 0 aliphatic rings. The summed E-state index contributed by atoms with van der Waals surface area (Å²) in [5, 5.41) is 18.9. The Kier molecular flexibility index (Phi) is 5.46. The molecular weight excluding hydrogens is 374 g/mol. The molecule has 1 heterocycles. The summed E-state index contributed by atoms with van der Waals surface area (Å²) >= 11 is 6.03. The molecule has 0 N–H and O–H groups in total. The third-order valence-electron chi connectivity index (χ3n) is 3.71. The van der Waals surface area contributed by atoms with E-state index in [0.29, 0.717) is 16.1 Å². The van der Waals surface area contributed by atoms with Gasteiger partial charge in [0.25, 0.3) is 11.6 Å². The van der Waals surface area contributed by atoms with Crippen molar-refractivity contribution in [3.8, 4) is 11.5 Å². The van der Waals surface area contributed by atoms with Crippen LogP contribution in [0.4, 0.5) is 5.69 Å². The fourth-order valence-electron chi connectivity index (χ4n) is 2.33. The average molecular weight is 388 g/mol. The number of benzene rings is 2. The van der Waals surface area contributed by atoms with E-state index >= 15 is 0 Å². The Bertz CT molecular complexity index is 971. The van der Waals surface area contributed by atoms with E-state index in [0.717, 1.165) is 0 Å². The highest BCUT2D eigenvalue weighted by molar-refractivity contribution is 6.31. The van der Waals surface area contributed by atoms with Gasteiger partial charge in [-0.05, 0) is 30.7 Å². The van der Waals surface area contributed by atoms with Crippen LogP contribution >= 0.6 is 11.6 Å². The van der Waals surface area contributed by atoms with Crippen molar-refractivity contribution in [2.75, 3.05) is 0 Å². The summed E-state index contributed by atoms with van der Waals surface area (Å²) in [5.74, 6) is -0.185. The first-order chi connectivity index (χ1) is 12.9. The smallest absolute Gasteiger partial charge is 0.311 e. The van der Waals surface area contributed by atoms with Gasteiger partial charge >= 0.3 is 5.97 Å². The fraction of sp³-hybridized carbons (Fsp3) is 0.167. The zero-order valence-corrected chi connectivity index (χ0v) is 14.9. The normalized spacial score (nSPS) is 11.8. The van der Waals surface area contributed by atoms with Crippen molar-refractivity contribution in [1.29, 1.82) is 0 Å². The number of nitrogens with zero attached hydrogens (tertiary/aromatic N) is 3. The van der Waals surface area contributed by atoms with Crippen LogP contribution in [0.3, 0.4) is 0 Å². The summed E-state index contributed by atoms with van der Waals surface area (Å²) in [6, 6.07) is 12.7. The highest BCUT2D eigenvalue weighted by Gasteiger charge is 2.20. The van der Waals surface area contributed by atoms with Crippen molar-refractivity contribution in [2.45, 2.75) is 19.4 Å². The van der Waals surface area contributed by atoms with Gasteiger partial charge in [0.05, 0.1) is 11.3 Å². The van der Waals surface area contributed by atoms with Gasteiger partial charge in [0.2, 0.25) is 5.89 Å². The number of aromatic nitrogens is 2. The molecule has 0 amide bonds. The number of hydrogen-bond acceptors (Lipinski definition) is 7. The number of carbonyl (C=O) groups is 1. The minimum absolute atomic E-state index is 0.0212. The predicted molar refractivity (Wildman–Crippen MR) is 96.1 cm³/mol. The van der Waals surface area contributed by atoms with E-state index < -0.39 is 17.0 Å². The molecule has 0 spiro atoms. The molecule has 0 bridgehead atoms. The van der Waals surface area contributed by atoms with Gasteiger partial charge in [-0.1, -0.05) is 29.8 Å². The summed E-state index contributed by atoms with van der Waals surface area (Å²) in [6.07, 6.45) is -0.729. The standard InChI is InChI=1S/C18H14ClN3O5/c1-11(26-16(23)10-13-4-2-3-5-15(13)19)17-20-21-18(27-17)12-6-8-14(9-7-12)22(24)25/h2-9,11H,10H2,1H3. The maximum Gasteiger partial charge on any atom is 0.311 e.